The van der Waals surface area contributed by atoms with Gasteiger partial charge in [0.1, 0.15) is 5.82 Å². The average molecular weight is 349 g/mol. The molecule has 0 aliphatic carbocycles. The maximum atomic E-state index is 5.34. The van der Waals surface area contributed by atoms with Crippen molar-refractivity contribution < 1.29 is 4.74 Å². The van der Waals surface area contributed by atoms with Crippen molar-refractivity contribution in [2.75, 3.05) is 31.7 Å². The van der Waals surface area contributed by atoms with Gasteiger partial charge in [0, 0.05) is 36.5 Å². The molecule has 0 spiro atoms. The third-order valence-electron chi connectivity index (χ3n) is 4.14. The fourth-order valence-corrected chi connectivity index (χ4v) is 3.56. The number of nitrogens with zero attached hydrogens (tertiary/aromatic N) is 2. The summed E-state index contributed by atoms with van der Waals surface area (Å²) in [5.74, 6) is 1.74. The molecule has 112 valence electrons. The van der Waals surface area contributed by atoms with E-state index in [1.54, 1.807) is 7.11 Å². The third-order valence-corrected chi connectivity index (χ3v) is 4.75. The highest BCUT2D eigenvalue weighted by molar-refractivity contribution is 9.08. The van der Waals surface area contributed by atoms with Crippen LogP contribution in [0.15, 0.2) is 30.3 Å². The van der Waals surface area contributed by atoms with Crippen LogP contribution < -0.4 is 4.90 Å². The zero-order valence-electron chi connectivity index (χ0n) is 12.4. The molecule has 0 radical (unpaired) electrons. The summed E-state index contributed by atoms with van der Waals surface area (Å²) in [4.78, 5) is 7.35. The van der Waals surface area contributed by atoms with Crippen LogP contribution in [0.25, 0.3) is 10.9 Å². The highest BCUT2D eigenvalue weighted by Gasteiger charge is 2.22. The van der Waals surface area contributed by atoms with Crippen molar-refractivity contribution in [1.82, 2.24) is 4.98 Å². The van der Waals surface area contributed by atoms with Crippen LogP contribution in [0.5, 0.6) is 0 Å². The fraction of sp³-hybridized carbons (Fsp3) is 0.471. The number of alkyl halides is 1. The van der Waals surface area contributed by atoms with E-state index in [1.807, 2.05) is 0 Å². The first-order valence-corrected chi connectivity index (χ1v) is 8.62. The maximum Gasteiger partial charge on any atom is 0.133 e. The normalized spacial score (nSPS) is 19.1. The Morgan fingerprint density at radius 2 is 2.24 bits per heavy atom. The quantitative estimate of drug-likeness (QED) is 0.781. The van der Waals surface area contributed by atoms with Crippen LogP contribution in [0.1, 0.15) is 18.4 Å². The number of pyridine rings is 1. The summed E-state index contributed by atoms with van der Waals surface area (Å²) >= 11 is 3.62. The van der Waals surface area contributed by atoms with Gasteiger partial charge in [-0.3, -0.25) is 0 Å². The zero-order chi connectivity index (χ0) is 14.7. The van der Waals surface area contributed by atoms with E-state index in [1.165, 1.54) is 23.8 Å². The van der Waals surface area contributed by atoms with Gasteiger partial charge in [-0.1, -0.05) is 34.1 Å². The molecule has 0 bridgehead atoms. The summed E-state index contributed by atoms with van der Waals surface area (Å²) in [7, 11) is 1.79. The first-order chi connectivity index (χ1) is 10.3. The summed E-state index contributed by atoms with van der Waals surface area (Å²) in [5, 5.41) is 2.05. The van der Waals surface area contributed by atoms with E-state index in [0.717, 1.165) is 36.4 Å². The van der Waals surface area contributed by atoms with E-state index in [9.17, 15) is 0 Å². The van der Waals surface area contributed by atoms with Gasteiger partial charge >= 0.3 is 0 Å². The first kappa shape index (κ1) is 14.8. The Morgan fingerprint density at radius 1 is 1.38 bits per heavy atom. The van der Waals surface area contributed by atoms with Gasteiger partial charge in [-0.2, -0.15) is 0 Å². The van der Waals surface area contributed by atoms with E-state index >= 15 is 0 Å². The van der Waals surface area contributed by atoms with E-state index in [0.29, 0.717) is 5.92 Å². The lowest BCUT2D eigenvalue weighted by molar-refractivity contribution is 0.143. The maximum absolute atomic E-state index is 5.34. The molecule has 1 aromatic carbocycles. The van der Waals surface area contributed by atoms with Gasteiger partial charge in [0.2, 0.25) is 0 Å². The molecule has 1 aliphatic rings. The predicted molar refractivity (Wildman–Crippen MR) is 91.2 cm³/mol. The van der Waals surface area contributed by atoms with E-state index < -0.39 is 0 Å². The van der Waals surface area contributed by atoms with Crippen LogP contribution in [0.3, 0.4) is 0 Å². The molecule has 1 fully saturated rings. The van der Waals surface area contributed by atoms with Crippen molar-refractivity contribution in [1.29, 1.82) is 0 Å². The zero-order valence-corrected chi connectivity index (χ0v) is 14.0. The number of benzene rings is 1. The average Bonchev–Trinajstić information content (AvgIpc) is 2.54. The molecule has 4 heteroatoms. The summed E-state index contributed by atoms with van der Waals surface area (Å²) in [6, 6.07) is 10.6. The molecule has 2 aromatic rings. The number of fused-ring (bicyclic) bond motifs is 1. The standard InChI is InChI=1S/C17H21BrN2O/c1-21-12-13-5-4-8-20(11-13)17-15(10-18)9-14-6-2-3-7-16(14)19-17/h2-3,6-7,9,13H,4-5,8,10-12H2,1H3. The molecule has 0 N–H and O–H groups in total. The monoisotopic (exact) mass is 348 g/mol. The van der Waals surface area contributed by atoms with Crippen LogP contribution >= 0.6 is 15.9 Å². The van der Waals surface area contributed by atoms with Gasteiger partial charge in [-0.15, -0.1) is 0 Å². The topological polar surface area (TPSA) is 25.4 Å². The molecule has 1 unspecified atom stereocenters. The summed E-state index contributed by atoms with van der Waals surface area (Å²) in [6.45, 7) is 2.97. The number of rotatable bonds is 4. The van der Waals surface area contributed by atoms with Crippen LogP contribution in [-0.2, 0) is 10.1 Å². The van der Waals surface area contributed by atoms with Crippen molar-refractivity contribution in [2.24, 2.45) is 5.92 Å². The molecule has 1 saturated heterocycles. The molecule has 0 saturated carbocycles. The highest BCUT2D eigenvalue weighted by Crippen LogP contribution is 2.29. The second kappa shape index (κ2) is 6.75. The molecular weight excluding hydrogens is 328 g/mol. The Bertz CT molecular complexity index is 615. The minimum absolute atomic E-state index is 0.611. The molecular formula is C17H21BrN2O. The lowest BCUT2D eigenvalue weighted by atomic mass is 9.98. The molecule has 3 nitrogen and oxygen atoms in total. The molecule has 21 heavy (non-hydrogen) atoms. The number of anilines is 1. The number of piperidine rings is 1. The molecule has 1 aromatic heterocycles. The van der Waals surface area contributed by atoms with Crippen molar-refractivity contribution in [3.05, 3.63) is 35.9 Å². The number of halogens is 1. The molecule has 2 heterocycles. The SMILES string of the molecule is COCC1CCCN(c2nc3ccccc3cc2CBr)C1. The molecule has 3 rings (SSSR count). The van der Waals surface area contributed by atoms with Gasteiger partial charge in [0.15, 0.2) is 0 Å². The van der Waals surface area contributed by atoms with Crippen molar-refractivity contribution in [3.63, 3.8) is 0 Å². The Morgan fingerprint density at radius 3 is 3.05 bits per heavy atom. The van der Waals surface area contributed by atoms with Crippen molar-refractivity contribution in [3.8, 4) is 0 Å². The highest BCUT2D eigenvalue weighted by atomic mass is 79.9. The third kappa shape index (κ3) is 3.22. The molecule has 0 amide bonds. The molecule has 1 aliphatic heterocycles. The Balaban J connectivity index is 1.94. The summed E-state index contributed by atoms with van der Waals surface area (Å²) < 4.78 is 5.34. The summed E-state index contributed by atoms with van der Waals surface area (Å²) in [5.41, 5.74) is 2.35. The van der Waals surface area contributed by atoms with Crippen LogP contribution in [-0.4, -0.2) is 31.8 Å². The van der Waals surface area contributed by atoms with Gasteiger partial charge in [0.25, 0.3) is 0 Å². The smallest absolute Gasteiger partial charge is 0.133 e. The minimum Gasteiger partial charge on any atom is -0.384 e. The lowest BCUT2D eigenvalue weighted by Crippen LogP contribution is -2.38. The van der Waals surface area contributed by atoms with Crippen LogP contribution in [0, 0.1) is 5.92 Å². The van der Waals surface area contributed by atoms with Gasteiger partial charge in [0.05, 0.1) is 12.1 Å². The number of hydrogen-bond donors (Lipinski definition) is 0. The van der Waals surface area contributed by atoms with Crippen LogP contribution in [0.4, 0.5) is 5.82 Å². The van der Waals surface area contributed by atoms with Crippen molar-refractivity contribution in [2.45, 2.75) is 18.2 Å². The van der Waals surface area contributed by atoms with Crippen LogP contribution in [0.2, 0.25) is 0 Å². The Labute approximate surface area is 134 Å². The number of ether oxygens (including phenoxy) is 1. The molecule has 1 atom stereocenters. The van der Waals surface area contributed by atoms with Crippen molar-refractivity contribution >= 4 is 32.7 Å². The number of aromatic nitrogens is 1. The van der Waals surface area contributed by atoms with E-state index in [-0.39, 0.29) is 0 Å². The van der Waals surface area contributed by atoms with E-state index in [2.05, 4.69) is 51.2 Å². The van der Waals surface area contributed by atoms with Gasteiger partial charge in [-0.05, 0) is 30.9 Å². The van der Waals surface area contributed by atoms with Gasteiger partial charge in [-0.25, -0.2) is 4.98 Å². The summed E-state index contributed by atoms with van der Waals surface area (Å²) in [6.07, 6.45) is 2.46. The first-order valence-electron chi connectivity index (χ1n) is 7.50. The second-order valence-corrected chi connectivity index (χ2v) is 6.27. The largest absolute Gasteiger partial charge is 0.384 e. The Kier molecular flexibility index (Phi) is 4.76. The second-order valence-electron chi connectivity index (χ2n) is 5.71. The lowest BCUT2D eigenvalue weighted by Gasteiger charge is -2.34. The number of para-hydroxylation sites is 1. The van der Waals surface area contributed by atoms with E-state index in [4.69, 9.17) is 9.72 Å². The number of hydrogen-bond acceptors (Lipinski definition) is 3. The minimum atomic E-state index is 0.611. The predicted octanol–water partition coefficient (Wildman–Crippen LogP) is 3.99. The Hall–Kier alpha value is -1.13. The number of methoxy groups -OCH3 is 1. The van der Waals surface area contributed by atoms with Gasteiger partial charge < -0.3 is 9.64 Å². The fourth-order valence-electron chi connectivity index (χ4n) is 3.15.